The van der Waals surface area contributed by atoms with Crippen molar-refractivity contribution in [2.75, 3.05) is 7.11 Å². The molecule has 3 heteroatoms. The average Bonchev–Trinajstić information content (AvgIpc) is 2.39. The molecule has 0 aliphatic carbocycles. The molecule has 0 atom stereocenters. The Kier molecular flexibility index (Phi) is 3.15. The molecule has 0 saturated heterocycles. The highest BCUT2D eigenvalue weighted by Crippen LogP contribution is 2.21. The van der Waals surface area contributed by atoms with Crippen LogP contribution >= 0.6 is 0 Å². The topological polar surface area (TPSA) is 35.0 Å². The second-order valence-electron chi connectivity index (χ2n) is 3.44. The molecular weight excluding hydrogens is 200 g/mol. The fraction of sp³-hybridized carbons (Fsp3) is 0.231. The quantitative estimate of drug-likeness (QED) is 0.788. The highest BCUT2D eigenvalue weighted by atomic mass is 16.5. The number of ether oxygens (including phenoxy) is 1. The summed E-state index contributed by atoms with van der Waals surface area (Å²) in [4.78, 5) is 8.65. The van der Waals surface area contributed by atoms with E-state index < -0.39 is 0 Å². The summed E-state index contributed by atoms with van der Waals surface area (Å²) >= 11 is 0. The van der Waals surface area contributed by atoms with Gasteiger partial charge in [0.25, 0.3) is 0 Å². The van der Waals surface area contributed by atoms with E-state index >= 15 is 0 Å². The van der Waals surface area contributed by atoms with E-state index in [1.165, 1.54) is 0 Å². The number of benzene rings is 1. The molecule has 82 valence electrons. The van der Waals surface area contributed by atoms with Crippen LogP contribution in [0.25, 0.3) is 11.3 Å². The van der Waals surface area contributed by atoms with E-state index in [2.05, 4.69) is 9.97 Å². The van der Waals surface area contributed by atoms with Gasteiger partial charge in [-0.15, -0.1) is 0 Å². The summed E-state index contributed by atoms with van der Waals surface area (Å²) in [6.07, 6.45) is 2.64. The maximum absolute atomic E-state index is 5.19. The smallest absolute Gasteiger partial charge is 0.128 e. The number of methoxy groups -OCH3 is 1. The zero-order chi connectivity index (χ0) is 11.4. The molecule has 2 aromatic rings. The Balaban J connectivity index is 2.41. The van der Waals surface area contributed by atoms with Gasteiger partial charge >= 0.3 is 0 Å². The minimum Gasteiger partial charge on any atom is -0.497 e. The molecule has 0 N–H and O–H groups in total. The molecule has 0 aliphatic heterocycles. The van der Waals surface area contributed by atoms with E-state index in [0.717, 1.165) is 29.3 Å². The Bertz CT molecular complexity index is 437. The van der Waals surface area contributed by atoms with Gasteiger partial charge in [0.2, 0.25) is 0 Å². The standard InChI is InChI=1S/C13H14N2O/c1-3-13-14-8-7-12(15-13)10-5-4-6-11(9-10)16-2/h4-9H,3H2,1-2H3. The lowest BCUT2D eigenvalue weighted by atomic mass is 10.1. The largest absolute Gasteiger partial charge is 0.497 e. The van der Waals surface area contributed by atoms with Gasteiger partial charge in [-0.05, 0) is 18.2 Å². The van der Waals surface area contributed by atoms with Crippen LogP contribution in [-0.2, 0) is 6.42 Å². The molecule has 1 aromatic heterocycles. The molecule has 0 bridgehead atoms. The molecule has 0 fully saturated rings. The number of aryl methyl sites for hydroxylation is 1. The molecule has 0 saturated carbocycles. The first-order valence-corrected chi connectivity index (χ1v) is 5.30. The first kappa shape index (κ1) is 10.6. The van der Waals surface area contributed by atoms with Crippen molar-refractivity contribution in [1.82, 2.24) is 9.97 Å². The van der Waals surface area contributed by atoms with Gasteiger partial charge in [-0.1, -0.05) is 19.1 Å². The normalized spacial score (nSPS) is 10.1. The summed E-state index contributed by atoms with van der Waals surface area (Å²) in [5.41, 5.74) is 1.99. The summed E-state index contributed by atoms with van der Waals surface area (Å²) in [6.45, 7) is 2.05. The van der Waals surface area contributed by atoms with Crippen molar-refractivity contribution in [3.63, 3.8) is 0 Å². The Morgan fingerprint density at radius 2 is 2.12 bits per heavy atom. The van der Waals surface area contributed by atoms with Gasteiger partial charge in [-0.25, -0.2) is 9.97 Å². The zero-order valence-corrected chi connectivity index (χ0v) is 9.47. The van der Waals surface area contributed by atoms with Gasteiger partial charge in [0, 0.05) is 18.2 Å². The summed E-state index contributed by atoms with van der Waals surface area (Å²) in [7, 11) is 1.66. The molecule has 1 heterocycles. The maximum atomic E-state index is 5.19. The SMILES string of the molecule is CCc1nccc(-c2cccc(OC)c2)n1. The third-order valence-corrected chi connectivity index (χ3v) is 2.39. The summed E-state index contributed by atoms with van der Waals surface area (Å²) in [6, 6.07) is 9.79. The van der Waals surface area contributed by atoms with Crippen molar-refractivity contribution in [1.29, 1.82) is 0 Å². The van der Waals surface area contributed by atoms with Crippen LogP contribution in [0.2, 0.25) is 0 Å². The third-order valence-electron chi connectivity index (χ3n) is 2.39. The number of aromatic nitrogens is 2. The van der Waals surface area contributed by atoms with Gasteiger partial charge in [0.1, 0.15) is 11.6 Å². The van der Waals surface area contributed by atoms with E-state index in [4.69, 9.17) is 4.74 Å². The van der Waals surface area contributed by atoms with E-state index in [9.17, 15) is 0 Å². The molecule has 0 unspecified atom stereocenters. The molecule has 3 nitrogen and oxygen atoms in total. The monoisotopic (exact) mass is 214 g/mol. The Hall–Kier alpha value is -1.90. The van der Waals surface area contributed by atoms with Crippen LogP contribution in [0.3, 0.4) is 0 Å². The first-order chi connectivity index (χ1) is 7.83. The van der Waals surface area contributed by atoms with Crippen LogP contribution in [-0.4, -0.2) is 17.1 Å². The summed E-state index contributed by atoms with van der Waals surface area (Å²) < 4.78 is 5.19. The number of nitrogens with zero attached hydrogens (tertiary/aromatic N) is 2. The lowest BCUT2D eigenvalue weighted by Crippen LogP contribution is -1.94. The predicted octanol–water partition coefficient (Wildman–Crippen LogP) is 2.71. The molecule has 0 aliphatic rings. The molecule has 0 spiro atoms. The fourth-order valence-corrected chi connectivity index (χ4v) is 1.51. The lowest BCUT2D eigenvalue weighted by molar-refractivity contribution is 0.415. The summed E-state index contributed by atoms with van der Waals surface area (Å²) in [5, 5.41) is 0. The molecule has 0 amide bonds. The van der Waals surface area contributed by atoms with Crippen molar-refractivity contribution < 1.29 is 4.74 Å². The van der Waals surface area contributed by atoms with Crippen molar-refractivity contribution in [3.05, 3.63) is 42.4 Å². The van der Waals surface area contributed by atoms with Crippen LogP contribution in [0.15, 0.2) is 36.5 Å². The van der Waals surface area contributed by atoms with Crippen LogP contribution in [0.1, 0.15) is 12.7 Å². The number of hydrogen-bond donors (Lipinski definition) is 0. The van der Waals surface area contributed by atoms with Crippen LogP contribution < -0.4 is 4.74 Å². The Morgan fingerprint density at radius 3 is 2.88 bits per heavy atom. The zero-order valence-electron chi connectivity index (χ0n) is 9.47. The van der Waals surface area contributed by atoms with Gasteiger partial charge in [-0.3, -0.25) is 0 Å². The van der Waals surface area contributed by atoms with Crippen molar-refractivity contribution in [2.24, 2.45) is 0 Å². The Morgan fingerprint density at radius 1 is 1.25 bits per heavy atom. The number of hydrogen-bond acceptors (Lipinski definition) is 3. The predicted molar refractivity (Wildman–Crippen MR) is 63.4 cm³/mol. The minimum absolute atomic E-state index is 0.842. The second-order valence-corrected chi connectivity index (χ2v) is 3.44. The molecule has 16 heavy (non-hydrogen) atoms. The summed E-state index contributed by atoms with van der Waals surface area (Å²) in [5.74, 6) is 1.70. The van der Waals surface area contributed by atoms with Gasteiger partial charge in [-0.2, -0.15) is 0 Å². The minimum atomic E-state index is 0.842. The van der Waals surface area contributed by atoms with Gasteiger partial charge in [0.15, 0.2) is 0 Å². The molecule has 2 rings (SSSR count). The third kappa shape index (κ3) is 2.19. The van der Waals surface area contributed by atoms with Crippen molar-refractivity contribution in [3.8, 4) is 17.0 Å². The average molecular weight is 214 g/mol. The van der Waals surface area contributed by atoms with Crippen molar-refractivity contribution >= 4 is 0 Å². The van der Waals surface area contributed by atoms with E-state index in [0.29, 0.717) is 0 Å². The van der Waals surface area contributed by atoms with Gasteiger partial charge in [0.05, 0.1) is 12.8 Å². The fourth-order valence-electron chi connectivity index (χ4n) is 1.51. The maximum Gasteiger partial charge on any atom is 0.128 e. The van der Waals surface area contributed by atoms with Crippen LogP contribution in [0.4, 0.5) is 0 Å². The first-order valence-electron chi connectivity index (χ1n) is 5.30. The lowest BCUT2D eigenvalue weighted by Gasteiger charge is -2.04. The van der Waals surface area contributed by atoms with E-state index in [-0.39, 0.29) is 0 Å². The molecule has 0 radical (unpaired) electrons. The van der Waals surface area contributed by atoms with Crippen LogP contribution in [0.5, 0.6) is 5.75 Å². The van der Waals surface area contributed by atoms with Crippen molar-refractivity contribution in [2.45, 2.75) is 13.3 Å². The van der Waals surface area contributed by atoms with E-state index in [1.807, 2.05) is 37.3 Å². The Labute approximate surface area is 95.1 Å². The molecular formula is C13H14N2O. The second kappa shape index (κ2) is 4.75. The highest BCUT2D eigenvalue weighted by Gasteiger charge is 2.02. The number of rotatable bonds is 3. The van der Waals surface area contributed by atoms with E-state index in [1.54, 1.807) is 13.3 Å². The van der Waals surface area contributed by atoms with Crippen LogP contribution in [0, 0.1) is 0 Å². The molecule has 1 aromatic carbocycles. The highest BCUT2D eigenvalue weighted by molar-refractivity contribution is 5.60. The van der Waals surface area contributed by atoms with Gasteiger partial charge < -0.3 is 4.74 Å².